The van der Waals surface area contributed by atoms with Crippen LogP contribution in [-0.4, -0.2) is 24.1 Å². The lowest BCUT2D eigenvalue weighted by Crippen LogP contribution is -2.14. The Bertz CT molecular complexity index is 626. The fourth-order valence-electron chi connectivity index (χ4n) is 1.71. The Morgan fingerprint density at radius 2 is 1.68 bits per heavy atom. The molecule has 0 amide bonds. The molecule has 0 radical (unpaired) electrons. The number of benzene rings is 2. The molecule has 0 saturated carbocycles. The maximum atomic E-state index is 11.8. The van der Waals surface area contributed by atoms with Gasteiger partial charge >= 0.3 is 5.97 Å². The van der Waals surface area contributed by atoms with Gasteiger partial charge in [0.25, 0.3) is 0 Å². The van der Waals surface area contributed by atoms with Crippen molar-refractivity contribution in [1.29, 1.82) is 0 Å². The van der Waals surface area contributed by atoms with Gasteiger partial charge in [-0.3, -0.25) is 9.59 Å². The molecule has 0 saturated heterocycles. The summed E-state index contributed by atoms with van der Waals surface area (Å²) in [4.78, 5) is 24.5. The van der Waals surface area contributed by atoms with Crippen LogP contribution in [0.4, 0.5) is 0 Å². The molecular formula is C17H15BrO3S. The maximum Gasteiger partial charge on any atom is 0.307 e. The second-order valence-corrected chi connectivity index (χ2v) is 6.59. The second kappa shape index (κ2) is 8.76. The zero-order valence-corrected chi connectivity index (χ0v) is 14.2. The quantitative estimate of drug-likeness (QED) is 0.407. The Hall–Kier alpha value is -1.59. The summed E-state index contributed by atoms with van der Waals surface area (Å²) < 4.78 is 6.03. The van der Waals surface area contributed by atoms with Crippen LogP contribution in [0.5, 0.6) is 0 Å². The first-order valence-electron chi connectivity index (χ1n) is 6.77. The largest absolute Gasteiger partial charge is 0.457 e. The van der Waals surface area contributed by atoms with E-state index in [1.54, 1.807) is 36.0 Å². The Morgan fingerprint density at radius 3 is 2.36 bits per heavy atom. The van der Waals surface area contributed by atoms with E-state index in [1.807, 2.05) is 30.3 Å². The molecular weight excluding hydrogens is 364 g/mol. The second-order valence-electron chi connectivity index (χ2n) is 4.50. The average Bonchev–Trinajstić information content (AvgIpc) is 2.55. The van der Waals surface area contributed by atoms with Gasteiger partial charge in [0.05, 0.1) is 6.42 Å². The van der Waals surface area contributed by atoms with Crippen molar-refractivity contribution in [2.24, 2.45) is 0 Å². The lowest BCUT2D eigenvalue weighted by atomic mass is 10.1. The van der Waals surface area contributed by atoms with Crippen LogP contribution in [0.15, 0.2) is 64.0 Å². The number of carbonyl (C=O) groups is 2. The van der Waals surface area contributed by atoms with Gasteiger partial charge in [0.15, 0.2) is 12.4 Å². The summed E-state index contributed by atoms with van der Waals surface area (Å²) in [6.45, 7) is -0.203. The first-order chi connectivity index (χ1) is 10.6. The zero-order valence-electron chi connectivity index (χ0n) is 11.8. The van der Waals surface area contributed by atoms with Crippen molar-refractivity contribution >= 4 is 39.4 Å². The molecule has 0 bridgehead atoms. The number of ketones is 1. The van der Waals surface area contributed by atoms with Crippen molar-refractivity contribution in [3.05, 3.63) is 64.6 Å². The molecule has 0 aliphatic carbocycles. The van der Waals surface area contributed by atoms with Crippen LogP contribution < -0.4 is 0 Å². The lowest BCUT2D eigenvalue weighted by molar-refractivity contribution is -0.141. The first kappa shape index (κ1) is 16.8. The maximum absolute atomic E-state index is 11.8. The molecule has 2 rings (SSSR count). The van der Waals surface area contributed by atoms with Crippen LogP contribution in [-0.2, 0) is 9.53 Å². The highest BCUT2D eigenvalue weighted by Crippen LogP contribution is 2.21. The Kier molecular flexibility index (Phi) is 6.68. The van der Waals surface area contributed by atoms with Gasteiger partial charge in [-0.05, 0) is 24.3 Å². The molecule has 0 heterocycles. The monoisotopic (exact) mass is 378 g/mol. The van der Waals surface area contributed by atoms with Gasteiger partial charge in [0.2, 0.25) is 0 Å². The SMILES string of the molecule is O=C(CCSc1ccc(Br)cc1)OCC(=O)c1ccccc1. The fourth-order valence-corrected chi connectivity index (χ4v) is 2.81. The minimum atomic E-state index is -0.353. The van der Waals surface area contributed by atoms with E-state index in [9.17, 15) is 9.59 Å². The third kappa shape index (κ3) is 5.66. The Labute approximate surface area is 142 Å². The minimum absolute atomic E-state index is 0.186. The highest BCUT2D eigenvalue weighted by atomic mass is 79.9. The molecule has 114 valence electrons. The van der Waals surface area contributed by atoms with Crippen LogP contribution in [0.1, 0.15) is 16.8 Å². The van der Waals surface area contributed by atoms with Crippen molar-refractivity contribution < 1.29 is 14.3 Å². The minimum Gasteiger partial charge on any atom is -0.457 e. The van der Waals surface area contributed by atoms with Crippen LogP contribution in [0.3, 0.4) is 0 Å². The molecule has 0 atom stereocenters. The molecule has 0 fully saturated rings. The van der Waals surface area contributed by atoms with Crippen molar-refractivity contribution in [1.82, 2.24) is 0 Å². The lowest BCUT2D eigenvalue weighted by Gasteiger charge is -2.05. The first-order valence-corrected chi connectivity index (χ1v) is 8.55. The molecule has 22 heavy (non-hydrogen) atoms. The van der Waals surface area contributed by atoms with E-state index in [0.717, 1.165) is 9.37 Å². The summed E-state index contributed by atoms with van der Waals surface area (Å²) in [7, 11) is 0. The molecule has 2 aromatic carbocycles. The summed E-state index contributed by atoms with van der Waals surface area (Å²) in [5, 5.41) is 0. The van der Waals surface area contributed by atoms with Crippen molar-refractivity contribution in [2.45, 2.75) is 11.3 Å². The van der Waals surface area contributed by atoms with Crippen LogP contribution in [0, 0.1) is 0 Å². The van der Waals surface area contributed by atoms with Gasteiger partial charge in [-0.2, -0.15) is 0 Å². The van der Waals surface area contributed by atoms with E-state index in [1.165, 1.54) is 0 Å². The smallest absolute Gasteiger partial charge is 0.307 e. The predicted octanol–water partition coefficient (Wildman–Crippen LogP) is 4.36. The number of ether oxygens (including phenoxy) is 1. The van der Waals surface area contributed by atoms with Crippen LogP contribution >= 0.6 is 27.7 Å². The van der Waals surface area contributed by atoms with Crippen molar-refractivity contribution in [3.8, 4) is 0 Å². The number of hydrogen-bond donors (Lipinski definition) is 0. The van der Waals surface area contributed by atoms with E-state index >= 15 is 0 Å². The number of rotatable bonds is 7. The summed E-state index contributed by atoms with van der Waals surface area (Å²) in [6, 6.07) is 16.7. The summed E-state index contributed by atoms with van der Waals surface area (Å²) in [5.41, 5.74) is 0.555. The zero-order chi connectivity index (χ0) is 15.8. The molecule has 2 aromatic rings. The van der Waals surface area contributed by atoms with Crippen LogP contribution in [0.2, 0.25) is 0 Å². The number of halogens is 1. The molecule has 0 aliphatic heterocycles. The normalized spacial score (nSPS) is 10.2. The molecule has 0 N–H and O–H groups in total. The van der Waals surface area contributed by atoms with Crippen molar-refractivity contribution in [3.63, 3.8) is 0 Å². The fraction of sp³-hybridized carbons (Fsp3) is 0.176. The van der Waals surface area contributed by atoms with E-state index in [-0.39, 0.29) is 24.8 Å². The Morgan fingerprint density at radius 1 is 1.00 bits per heavy atom. The molecule has 0 unspecified atom stereocenters. The van der Waals surface area contributed by atoms with Crippen LogP contribution in [0.25, 0.3) is 0 Å². The third-order valence-electron chi connectivity index (χ3n) is 2.85. The van der Waals surface area contributed by atoms with E-state index < -0.39 is 0 Å². The van der Waals surface area contributed by atoms with Gasteiger partial charge in [-0.1, -0.05) is 46.3 Å². The van der Waals surface area contributed by atoms with Crippen molar-refractivity contribution in [2.75, 3.05) is 12.4 Å². The van der Waals surface area contributed by atoms with Gasteiger partial charge in [0, 0.05) is 20.7 Å². The third-order valence-corrected chi connectivity index (χ3v) is 4.39. The standard InChI is InChI=1S/C17H15BrO3S/c18-14-6-8-15(9-7-14)22-11-10-17(20)21-12-16(19)13-4-2-1-3-5-13/h1-9H,10-12H2. The average molecular weight is 379 g/mol. The molecule has 3 nitrogen and oxygen atoms in total. The predicted molar refractivity (Wildman–Crippen MR) is 91.2 cm³/mol. The number of Topliss-reactive ketones (excluding diaryl/α,β-unsaturated/α-hetero) is 1. The molecule has 0 spiro atoms. The molecule has 5 heteroatoms. The van der Waals surface area contributed by atoms with Gasteiger partial charge in [0.1, 0.15) is 0 Å². The number of thioether (sulfide) groups is 1. The molecule has 0 aliphatic rings. The summed E-state index contributed by atoms with van der Waals surface area (Å²) >= 11 is 4.96. The summed E-state index contributed by atoms with van der Waals surface area (Å²) in [5.74, 6) is 0.0865. The van der Waals surface area contributed by atoms with Gasteiger partial charge in [-0.15, -0.1) is 11.8 Å². The van der Waals surface area contributed by atoms with E-state index in [0.29, 0.717) is 11.3 Å². The van der Waals surface area contributed by atoms with Gasteiger partial charge < -0.3 is 4.74 Å². The van der Waals surface area contributed by atoms with E-state index in [4.69, 9.17) is 4.74 Å². The Balaban J connectivity index is 1.68. The summed E-state index contributed by atoms with van der Waals surface area (Å²) in [6.07, 6.45) is 0.281. The number of hydrogen-bond acceptors (Lipinski definition) is 4. The topological polar surface area (TPSA) is 43.4 Å². The number of carbonyl (C=O) groups excluding carboxylic acids is 2. The highest BCUT2D eigenvalue weighted by molar-refractivity contribution is 9.10. The number of esters is 1. The van der Waals surface area contributed by atoms with Gasteiger partial charge in [-0.25, -0.2) is 0 Å². The molecule has 0 aromatic heterocycles. The highest BCUT2D eigenvalue weighted by Gasteiger charge is 2.09. The van der Waals surface area contributed by atoms with E-state index in [2.05, 4.69) is 15.9 Å².